The van der Waals surface area contributed by atoms with E-state index in [-0.39, 0.29) is 24.0 Å². The number of thiophene rings is 1. The van der Waals surface area contributed by atoms with Gasteiger partial charge in [-0.15, -0.1) is 11.3 Å². The molecular weight excluding hydrogens is 484 g/mol. The maximum Gasteiger partial charge on any atom is 0.259 e. The summed E-state index contributed by atoms with van der Waals surface area (Å²) in [5.41, 5.74) is 3.18. The maximum atomic E-state index is 12.4. The molecular formula is C22H21ClN4O4S2. The van der Waals surface area contributed by atoms with Crippen molar-refractivity contribution < 1.29 is 17.9 Å². The molecule has 2 aromatic heterocycles. The first-order chi connectivity index (χ1) is 15.7. The molecule has 33 heavy (non-hydrogen) atoms. The fourth-order valence-corrected chi connectivity index (χ4v) is 6.44. The van der Waals surface area contributed by atoms with Gasteiger partial charge in [0, 0.05) is 38.0 Å². The Kier molecular flexibility index (Phi) is 5.54. The lowest BCUT2D eigenvalue weighted by atomic mass is 10.1. The van der Waals surface area contributed by atoms with Crippen molar-refractivity contribution in [2.45, 2.75) is 17.9 Å². The molecule has 0 unspecified atom stereocenters. The summed E-state index contributed by atoms with van der Waals surface area (Å²) < 4.78 is 31.2. The number of anilines is 2. The van der Waals surface area contributed by atoms with Gasteiger partial charge in [0.15, 0.2) is 22.3 Å². The summed E-state index contributed by atoms with van der Waals surface area (Å²) in [5, 5.41) is 0. The van der Waals surface area contributed by atoms with Crippen LogP contribution in [0.2, 0.25) is 4.34 Å². The van der Waals surface area contributed by atoms with E-state index in [9.17, 15) is 13.2 Å². The van der Waals surface area contributed by atoms with Gasteiger partial charge in [0.25, 0.3) is 5.91 Å². The van der Waals surface area contributed by atoms with Crippen molar-refractivity contribution in [2.24, 2.45) is 0 Å². The smallest absolute Gasteiger partial charge is 0.259 e. The highest BCUT2D eigenvalue weighted by molar-refractivity contribution is 7.90. The van der Waals surface area contributed by atoms with E-state index in [0.717, 1.165) is 22.5 Å². The fraction of sp³-hybridized carbons (Fsp3) is 0.318. The SMILES string of the molecule is CN(C)C(=O)COc1ccc2c(c1)N(c1nc(-c3ccc(Cl)s3)nc3c1CS(=O)(=O)C3)CC2. The van der Waals surface area contributed by atoms with Crippen molar-refractivity contribution >= 4 is 50.2 Å². The molecule has 0 aliphatic carbocycles. The summed E-state index contributed by atoms with van der Waals surface area (Å²) in [6, 6.07) is 9.32. The molecule has 8 nitrogen and oxygen atoms in total. The lowest BCUT2D eigenvalue weighted by molar-refractivity contribution is -0.130. The van der Waals surface area contributed by atoms with Crippen LogP contribution < -0.4 is 9.64 Å². The van der Waals surface area contributed by atoms with Crippen LogP contribution in [0.1, 0.15) is 16.8 Å². The Balaban J connectivity index is 1.55. The van der Waals surface area contributed by atoms with Crippen molar-refractivity contribution in [3.05, 3.63) is 51.5 Å². The Morgan fingerprint density at radius 2 is 2.03 bits per heavy atom. The Morgan fingerprint density at radius 3 is 2.76 bits per heavy atom. The van der Waals surface area contributed by atoms with Crippen LogP contribution in [-0.4, -0.2) is 56.4 Å². The number of carbonyl (C=O) groups excluding carboxylic acids is 1. The first-order valence-corrected chi connectivity index (χ1v) is 13.3. The van der Waals surface area contributed by atoms with E-state index in [4.69, 9.17) is 21.3 Å². The van der Waals surface area contributed by atoms with E-state index >= 15 is 0 Å². The third-order valence-electron chi connectivity index (χ3n) is 5.65. The minimum atomic E-state index is -3.28. The summed E-state index contributed by atoms with van der Waals surface area (Å²) >= 11 is 7.46. The zero-order valence-corrected chi connectivity index (χ0v) is 20.4. The van der Waals surface area contributed by atoms with E-state index in [1.54, 1.807) is 20.2 Å². The van der Waals surface area contributed by atoms with Gasteiger partial charge in [0.1, 0.15) is 11.6 Å². The number of nitrogens with zero attached hydrogens (tertiary/aromatic N) is 4. The van der Waals surface area contributed by atoms with Gasteiger partial charge in [-0.3, -0.25) is 4.79 Å². The minimum absolute atomic E-state index is 0.0593. The molecule has 5 rings (SSSR count). The van der Waals surface area contributed by atoms with Crippen molar-refractivity contribution in [1.82, 2.24) is 14.9 Å². The Bertz CT molecular complexity index is 1370. The average Bonchev–Trinajstić information content (AvgIpc) is 3.46. The molecule has 11 heteroatoms. The summed E-state index contributed by atoms with van der Waals surface area (Å²) in [6.07, 6.45) is 0.790. The van der Waals surface area contributed by atoms with Crippen molar-refractivity contribution in [3.63, 3.8) is 0 Å². The Morgan fingerprint density at radius 1 is 1.21 bits per heavy atom. The standard InChI is InChI=1S/C22H21ClN4O4S2/c1-26(2)20(28)10-31-14-4-3-13-7-8-27(17(13)9-14)22-15-11-33(29,30)12-16(15)24-21(25-22)18-5-6-19(23)32-18/h3-6,9H,7-8,10-12H2,1-2H3. The zero-order chi connectivity index (χ0) is 23.3. The molecule has 2 aliphatic heterocycles. The van der Waals surface area contributed by atoms with Crippen LogP contribution in [0.4, 0.5) is 11.5 Å². The first-order valence-electron chi connectivity index (χ1n) is 10.3. The van der Waals surface area contributed by atoms with Crippen LogP contribution in [0, 0.1) is 0 Å². The Labute approximate surface area is 200 Å². The number of hydrogen-bond acceptors (Lipinski definition) is 8. The first kappa shape index (κ1) is 22.1. The summed E-state index contributed by atoms with van der Waals surface area (Å²) in [7, 11) is 0.0759. The highest BCUT2D eigenvalue weighted by Crippen LogP contribution is 2.42. The van der Waals surface area contributed by atoms with Gasteiger partial charge in [0.05, 0.1) is 26.4 Å². The third-order valence-corrected chi connectivity index (χ3v) is 8.32. The van der Waals surface area contributed by atoms with E-state index < -0.39 is 9.84 Å². The van der Waals surface area contributed by atoms with Crippen LogP contribution in [-0.2, 0) is 32.6 Å². The number of ether oxygens (including phenoxy) is 1. The van der Waals surface area contributed by atoms with E-state index in [0.29, 0.717) is 39.5 Å². The molecule has 0 fully saturated rings. The lowest BCUT2D eigenvalue weighted by Crippen LogP contribution is -2.27. The molecule has 4 heterocycles. The number of hydrogen-bond donors (Lipinski definition) is 0. The average molecular weight is 505 g/mol. The minimum Gasteiger partial charge on any atom is -0.484 e. The topological polar surface area (TPSA) is 92.7 Å². The number of likely N-dealkylation sites (N-methyl/N-ethyl adjacent to an activating group) is 1. The number of benzene rings is 1. The second-order valence-electron chi connectivity index (χ2n) is 8.20. The number of amides is 1. The van der Waals surface area contributed by atoms with Crippen LogP contribution in [0.25, 0.3) is 10.7 Å². The van der Waals surface area contributed by atoms with Gasteiger partial charge in [0.2, 0.25) is 0 Å². The molecule has 0 saturated heterocycles. The summed E-state index contributed by atoms with van der Waals surface area (Å²) in [4.78, 5) is 25.6. The molecule has 0 spiro atoms. The van der Waals surface area contributed by atoms with Gasteiger partial charge in [-0.25, -0.2) is 18.4 Å². The molecule has 0 bridgehead atoms. The molecule has 3 aromatic rings. The zero-order valence-electron chi connectivity index (χ0n) is 18.0. The molecule has 0 radical (unpaired) electrons. The van der Waals surface area contributed by atoms with Gasteiger partial charge >= 0.3 is 0 Å². The third kappa shape index (κ3) is 4.30. The van der Waals surface area contributed by atoms with Gasteiger partial charge < -0.3 is 14.5 Å². The number of rotatable bonds is 5. The maximum absolute atomic E-state index is 12.4. The molecule has 172 valence electrons. The largest absolute Gasteiger partial charge is 0.484 e. The van der Waals surface area contributed by atoms with E-state index in [1.165, 1.54) is 16.2 Å². The number of carbonyl (C=O) groups is 1. The molecule has 1 aromatic carbocycles. The molecule has 0 atom stereocenters. The number of sulfone groups is 1. The molecule has 2 aliphatic rings. The number of aromatic nitrogens is 2. The molecule has 1 amide bonds. The van der Waals surface area contributed by atoms with Crippen LogP contribution >= 0.6 is 22.9 Å². The Hall–Kier alpha value is -2.69. The monoisotopic (exact) mass is 504 g/mol. The van der Waals surface area contributed by atoms with Crippen molar-refractivity contribution in [3.8, 4) is 16.5 Å². The van der Waals surface area contributed by atoms with Crippen LogP contribution in [0.15, 0.2) is 30.3 Å². The normalized spacial score (nSPS) is 15.9. The highest BCUT2D eigenvalue weighted by Gasteiger charge is 2.34. The van der Waals surface area contributed by atoms with Crippen LogP contribution in [0.5, 0.6) is 5.75 Å². The highest BCUT2D eigenvalue weighted by atomic mass is 35.5. The lowest BCUT2D eigenvalue weighted by Gasteiger charge is -2.22. The predicted octanol–water partition coefficient (Wildman–Crippen LogP) is 3.45. The second kappa shape index (κ2) is 8.27. The summed E-state index contributed by atoms with van der Waals surface area (Å²) in [5.74, 6) is 1.32. The van der Waals surface area contributed by atoms with Crippen LogP contribution in [0.3, 0.4) is 0 Å². The predicted molar refractivity (Wildman–Crippen MR) is 128 cm³/mol. The van der Waals surface area contributed by atoms with Crippen molar-refractivity contribution in [1.29, 1.82) is 0 Å². The number of halogens is 1. The molecule has 0 N–H and O–H groups in total. The summed E-state index contributed by atoms with van der Waals surface area (Å²) in [6.45, 7) is 0.597. The molecule has 0 saturated carbocycles. The van der Waals surface area contributed by atoms with Crippen molar-refractivity contribution in [2.75, 3.05) is 32.1 Å². The number of fused-ring (bicyclic) bond motifs is 2. The van der Waals surface area contributed by atoms with E-state index in [2.05, 4.69) is 4.98 Å². The fourth-order valence-electron chi connectivity index (χ4n) is 3.97. The quantitative estimate of drug-likeness (QED) is 0.525. The van der Waals surface area contributed by atoms with E-state index in [1.807, 2.05) is 29.2 Å². The van der Waals surface area contributed by atoms with Gasteiger partial charge in [-0.2, -0.15) is 0 Å². The van der Waals surface area contributed by atoms with Gasteiger partial charge in [-0.05, 0) is 30.2 Å². The van der Waals surface area contributed by atoms with Gasteiger partial charge in [-0.1, -0.05) is 17.7 Å². The second-order valence-corrected chi connectivity index (χ2v) is 12.0.